The smallest absolute Gasteiger partial charge is 0.311 e. The van der Waals surface area contributed by atoms with E-state index in [1.807, 2.05) is 24.3 Å². The zero-order valence-electron chi connectivity index (χ0n) is 12.9. The number of fused-ring (bicyclic) bond motifs is 1. The Morgan fingerprint density at radius 1 is 1.23 bits per heavy atom. The number of nitrogens with two attached hydrogens (primary N) is 1. The number of amides is 2. The molecule has 3 N–H and O–H groups in total. The van der Waals surface area contributed by atoms with Crippen LogP contribution in [0.25, 0.3) is 0 Å². The van der Waals surface area contributed by atoms with Crippen LogP contribution in [-0.4, -0.2) is 35.8 Å². The predicted molar refractivity (Wildman–Crippen MR) is 84.0 cm³/mol. The third-order valence-electron chi connectivity index (χ3n) is 4.87. The number of benzene rings is 1. The molecule has 22 heavy (non-hydrogen) atoms. The number of hydrogen-bond donors (Lipinski definition) is 2. The molecule has 0 spiro atoms. The first-order valence-corrected chi connectivity index (χ1v) is 7.99. The van der Waals surface area contributed by atoms with Crippen molar-refractivity contribution in [1.82, 2.24) is 10.2 Å². The Bertz CT molecular complexity index is 579. The van der Waals surface area contributed by atoms with E-state index >= 15 is 0 Å². The Morgan fingerprint density at radius 3 is 2.59 bits per heavy atom. The second-order valence-electron chi connectivity index (χ2n) is 6.48. The van der Waals surface area contributed by atoms with Gasteiger partial charge in [0.05, 0.1) is 12.1 Å². The quantitative estimate of drug-likeness (QED) is 0.759. The Labute approximate surface area is 130 Å². The van der Waals surface area contributed by atoms with Crippen LogP contribution < -0.4 is 11.1 Å². The van der Waals surface area contributed by atoms with E-state index in [-0.39, 0.29) is 12.1 Å². The standard InChI is InChI=1S/C17H23N3O2/c1-11-6-8-20(9-7-11)17(22)16(21)19-14-10-12-4-2-3-5-13(12)15(14)18/h2-5,11,14-15H,6-10,18H2,1H3,(H,19,21)/t14-,15-/m1/s1. The van der Waals surface area contributed by atoms with E-state index in [2.05, 4.69) is 12.2 Å². The number of piperidine rings is 1. The SMILES string of the molecule is CC1CCN(C(=O)C(=O)N[C@@H]2Cc3ccccc3[C@H]2N)CC1. The zero-order valence-corrected chi connectivity index (χ0v) is 12.9. The van der Waals surface area contributed by atoms with Crippen LogP contribution in [0.3, 0.4) is 0 Å². The predicted octanol–water partition coefficient (Wildman–Crippen LogP) is 0.986. The van der Waals surface area contributed by atoms with E-state index in [1.54, 1.807) is 4.90 Å². The minimum Gasteiger partial charge on any atom is -0.343 e. The molecule has 5 nitrogen and oxygen atoms in total. The number of carbonyl (C=O) groups excluding carboxylic acids is 2. The molecule has 1 aromatic carbocycles. The molecule has 1 heterocycles. The van der Waals surface area contributed by atoms with E-state index in [0.29, 0.717) is 25.4 Å². The number of rotatable bonds is 1. The summed E-state index contributed by atoms with van der Waals surface area (Å²) >= 11 is 0. The van der Waals surface area contributed by atoms with Crippen LogP contribution in [0.4, 0.5) is 0 Å². The fourth-order valence-corrected chi connectivity index (χ4v) is 3.35. The van der Waals surface area contributed by atoms with Crippen molar-refractivity contribution in [1.29, 1.82) is 0 Å². The lowest BCUT2D eigenvalue weighted by Gasteiger charge is -2.30. The highest BCUT2D eigenvalue weighted by Gasteiger charge is 2.33. The van der Waals surface area contributed by atoms with Gasteiger partial charge in [-0.1, -0.05) is 31.2 Å². The van der Waals surface area contributed by atoms with Crippen LogP contribution >= 0.6 is 0 Å². The minimum absolute atomic E-state index is 0.197. The second-order valence-corrected chi connectivity index (χ2v) is 6.48. The molecule has 0 radical (unpaired) electrons. The van der Waals surface area contributed by atoms with Crippen LogP contribution in [0, 0.1) is 5.92 Å². The highest BCUT2D eigenvalue weighted by molar-refractivity contribution is 6.35. The molecule has 1 fully saturated rings. The molecular weight excluding hydrogens is 278 g/mol. The van der Waals surface area contributed by atoms with Gasteiger partial charge < -0.3 is 16.0 Å². The highest BCUT2D eigenvalue weighted by atomic mass is 16.2. The Morgan fingerprint density at radius 2 is 1.91 bits per heavy atom. The molecule has 2 amide bonds. The van der Waals surface area contributed by atoms with Crippen LogP contribution in [0.2, 0.25) is 0 Å². The topological polar surface area (TPSA) is 75.4 Å². The van der Waals surface area contributed by atoms with E-state index in [0.717, 1.165) is 24.0 Å². The average Bonchev–Trinajstić information content (AvgIpc) is 2.84. The van der Waals surface area contributed by atoms with Crippen molar-refractivity contribution < 1.29 is 9.59 Å². The molecule has 1 saturated heterocycles. The summed E-state index contributed by atoms with van der Waals surface area (Å²) in [6, 6.07) is 7.49. The molecule has 1 aliphatic carbocycles. The summed E-state index contributed by atoms with van der Waals surface area (Å²) in [6.07, 6.45) is 2.62. The van der Waals surface area contributed by atoms with Gasteiger partial charge in [0.15, 0.2) is 0 Å². The summed E-state index contributed by atoms with van der Waals surface area (Å²) in [7, 11) is 0. The third-order valence-corrected chi connectivity index (χ3v) is 4.87. The molecule has 0 unspecified atom stereocenters. The van der Waals surface area contributed by atoms with Crippen LogP contribution in [0.5, 0.6) is 0 Å². The monoisotopic (exact) mass is 301 g/mol. The van der Waals surface area contributed by atoms with E-state index < -0.39 is 11.8 Å². The van der Waals surface area contributed by atoms with Gasteiger partial charge in [-0.05, 0) is 36.3 Å². The summed E-state index contributed by atoms with van der Waals surface area (Å²) in [6.45, 7) is 3.52. The van der Waals surface area contributed by atoms with Crippen LogP contribution in [-0.2, 0) is 16.0 Å². The third kappa shape index (κ3) is 2.86. The Kier molecular flexibility index (Phi) is 4.16. The number of carbonyl (C=O) groups is 2. The average molecular weight is 301 g/mol. The first kappa shape index (κ1) is 15.0. The van der Waals surface area contributed by atoms with E-state index in [4.69, 9.17) is 5.73 Å². The Hall–Kier alpha value is -1.88. The lowest BCUT2D eigenvalue weighted by Crippen LogP contribution is -2.50. The van der Waals surface area contributed by atoms with Crippen molar-refractivity contribution >= 4 is 11.8 Å². The van der Waals surface area contributed by atoms with Gasteiger partial charge >= 0.3 is 11.8 Å². The van der Waals surface area contributed by atoms with Crippen molar-refractivity contribution in [3.8, 4) is 0 Å². The van der Waals surface area contributed by atoms with Crippen LogP contribution in [0.15, 0.2) is 24.3 Å². The van der Waals surface area contributed by atoms with Crippen molar-refractivity contribution in [2.45, 2.75) is 38.3 Å². The molecule has 0 saturated carbocycles. The molecule has 5 heteroatoms. The number of nitrogens with zero attached hydrogens (tertiary/aromatic N) is 1. The lowest BCUT2D eigenvalue weighted by molar-refractivity contribution is -0.147. The summed E-state index contributed by atoms with van der Waals surface area (Å²) in [5.41, 5.74) is 8.41. The molecule has 1 aromatic rings. The maximum absolute atomic E-state index is 12.2. The lowest BCUT2D eigenvalue weighted by atomic mass is 9.99. The fourth-order valence-electron chi connectivity index (χ4n) is 3.35. The van der Waals surface area contributed by atoms with Gasteiger partial charge in [0.25, 0.3) is 0 Å². The van der Waals surface area contributed by atoms with Crippen molar-refractivity contribution in [3.05, 3.63) is 35.4 Å². The van der Waals surface area contributed by atoms with Crippen molar-refractivity contribution in [2.24, 2.45) is 11.7 Å². The molecule has 3 rings (SSSR count). The van der Waals surface area contributed by atoms with E-state index in [9.17, 15) is 9.59 Å². The molecule has 2 atom stereocenters. The van der Waals surface area contributed by atoms with Gasteiger partial charge in [-0.15, -0.1) is 0 Å². The van der Waals surface area contributed by atoms with Gasteiger partial charge in [-0.25, -0.2) is 0 Å². The molecule has 0 bridgehead atoms. The maximum atomic E-state index is 12.2. The molecule has 1 aliphatic heterocycles. The van der Waals surface area contributed by atoms with Gasteiger partial charge in [-0.3, -0.25) is 9.59 Å². The normalized spacial score (nSPS) is 24.9. The van der Waals surface area contributed by atoms with Gasteiger partial charge in [0.1, 0.15) is 0 Å². The summed E-state index contributed by atoms with van der Waals surface area (Å²) < 4.78 is 0. The highest BCUT2D eigenvalue weighted by Crippen LogP contribution is 2.29. The minimum atomic E-state index is -0.525. The number of nitrogens with one attached hydrogen (secondary N) is 1. The summed E-state index contributed by atoms with van der Waals surface area (Å²) in [5, 5.41) is 2.83. The van der Waals surface area contributed by atoms with Crippen molar-refractivity contribution in [3.63, 3.8) is 0 Å². The summed E-state index contributed by atoms with van der Waals surface area (Å²) in [4.78, 5) is 26.1. The molecule has 0 aromatic heterocycles. The fraction of sp³-hybridized carbons (Fsp3) is 0.529. The Balaban J connectivity index is 1.60. The largest absolute Gasteiger partial charge is 0.343 e. The number of hydrogen-bond acceptors (Lipinski definition) is 3. The second kappa shape index (κ2) is 6.08. The van der Waals surface area contributed by atoms with Crippen LogP contribution in [0.1, 0.15) is 36.9 Å². The summed E-state index contributed by atoms with van der Waals surface area (Å²) in [5.74, 6) is -0.317. The number of likely N-dealkylation sites (tertiary alicyclic amines) is 1. The first-order valence-electron chi connectivity index (χ1n) is 7.99. The molecular formula is C17H23N3O2. The van der Waals surface area contributed by atoms with Gasteiger partial charge in [0, 0.05) is 13.1 Å². The molecule has 118 valence electrons. The van der Waals surface area contributed by atoms with E-state index in [1.165, 1.54) is 0 Å². The molecule has 2 aliphatic rings. The maximum Gasteiger partial charge on any atom is 0.311 e. The first-order chi connectivity index (χ1) is 10.6. The van der Waals surface area contributed by atoms with Gasteiger partial charge in [0.2, 0.25) is 0 Å². The van der Waals surface area contributed by atoms with Gasteiger partial charge in [-0.2, -0.15) is 0 Å². The van der Waals surface area contributed by atoms with Crippen molar-refractivity contribution in [2.75, 3.05) is 13.1 Å². The zero-order chi connectivity index (χ0) is 15.7.